The summed E-state index contributed by atoms with van der Waals surface area (Å²) in [6.07, 6.45) is 1.80. The molecule has 5 rings (SSSR count). The summed E-state index contributed by atoms with van der Waals surface area (Å²) in [5.41, 5.74) is 1.62. The highest BCUT2D eigenvalue weighted by Crippen LogP contribution is 2.35. The van der Waals surface area contributed by atoms with Crippen LogP contribution in [0, 0.1) is 13.8 Å². The molecule has 1 saturated heterocycles. The fraction of sp³-hybridized carbons (Fsp3) is 0.381. The van der Waals surface area contributed by atoms with Gasteiger partial charge in [0.2, 0.25) is 5.89 Å². The highest BCUT2D eigenvalue weighted by Gasteiger charge is 2.32. The van der Waals surface area contributed by atoms with Crippen LogP contribution in [0.5, 0.6) is 0 Å². The van der Waals surface area contributed by atoms with Crippen LogP contribution in [0.4, 0.5) is 0 Å². The topological polar surface area (TPSA) is 98.2 Å². The Kier molecular flexibility index (Phi) is 5.49. The first-order valence-corrected chi connectivity index (χ1v) is 11.9. The fourth-order valence-corrected chi connectivity index (χ4v) is 5.71. The zero-order valence-corrected chi connectivity index (χ0v) is 18.8. The molecule has 1 amide bonds. The van der Waals surface area contributed by atoms with E-state index in [1.54, 1.807) is 30.0 Å². The molecular formula is C21H21N5O3S2. The fourth-order valence-electron chi connectivity index (χ4n) is 3.87. The second kappa shape index (κ2) is 8.43. The van der Waals surface area contributed by atoms with Gasteiger partial charge in [-0.25, -0.2) is 0 Å². The summed E-state index contributed by atoms with van der Waals surface area (Å²) >= 11 is 3.12. The summed E-state index contributed by atoms with van der Waals surface area (Å²) in [6.45, 7) is 4.96. The number of aromatic nitrogens is 4. The lowest BCUT2D eigenvalue weighted by molar-refractivity contribution is 0.0665. The molecule has 1 aliphatic rings. The molecule has 8 nitrogen and oxygen atoms in total. The minimum Gasteiger partial charge on any atom is -0.451 e. The Morgan fingerprint density at radius 2 is 2.16 bits per heavy atom. The van der Waals surface area contributed by atoms with Crippen molar-refractivity contribution < 1.29 is 13.7 Å². The number of piperidine rings is 1. The molecule has 0 saturated carbocycles. The molecule has 1 unspecified atom stereocenters. The van der Waals surface area contributed by atoms with E-state index in [0.29, 0.717) is 36.3 Å². The van der Waals surface area contributed by atoms with Crippen LogP contribution in [0.3, 0.4) is 0 Å². The Labute approximate surface area is 187 Å². The van der Waals surface area contributed by atoms with Gasteiger partial charge in [-0.1, -0.05) is 46.5 Å². The number of rotatable bonds is 5. The predicted molar refractivity (Wildman–Crippen MR) is 117 cm³/mol. The largest absolute Gasteiger partial charge is 0.451 e. The van der Waals surface area contributed by atoms with Crippen LogP contribution in [0.2, 0.25) is 0 Å². The number of carbonyl (C=O) groups is 1. The Morgan fingerprint density at radius 3 is 2.94 bits per heavy atom. The third-order valence-corrected chi connectivity index (χ3v) is 7.34. The van der Waals surface area contributed by atoms with Crippen molar-refractivity contribution >= 4 is 40.0 Å². The summed E-state index contributed by atoms with van der Waals surface area (Å²) < 4.78 is 12.3. The van der Waals surface area contributed by atoms with Gasteiger partial charge < -0.3 is 13.8 Å². The number of furan rings is 1. The van der Waals surface area contributed by atoms with Gasteiger partial charge in [0, 0.05) is 29.8 Å². The molecule has 1 atom stereocenters. The van der Waals surface area contributed by atoms with Crippen LogP contribution >= 0.6 is 23.1 Å². The number of carbonyl (C=O) groups excluding carboxylic acids is 1. The van der Waals surface area contributed by atoms with E-state index in [2.05, 4.69) is 20.3 Å². The normalized spacial score (nSPS) is 16.8. The molecule has 1 aromatic carbocycles. The molecule has 4 aromatic rings. The number of aryl methyl sites for hydroxylation is 2. The molecule has 0 spiro atoms. The molecule has 0 N–H and O–H groups in total. The second-order valence-corrected chi connectivity index (χ2v) is 9.96. The zero-order valence-electron chi connectivity index (χ0n) is 17.2. The average molecular weight is 456 g/mol. The van der Waals surface area contributed by atoms with Gasteiger partial charge in [-0.15, -0.1) is 10.2 Å². The van der Waals surface area contributed by atoms with E-state index in [0.717, 1.165) is 38.7 Å². The van der Waals surface area contributed by atoms with Crippen LogP contribution in [0.1, 0.15) is 51.6 Å². The maximum absolute atomic E-state index is 13.5. The van der Waals surface area contributed by atoms with Gasteiger partial charge in [0.1, 0.15) is 10.6 Å². The third kappa shape index (κ3) is 4.09. The van der Waals surface area contributed by atoms with Crippen molar-refractivity contribution in [1.29, 1.82) is 0 Å². The Morgan fingerprint density at radius 1 is 1.29 bits per heavy atom. The molecule has 1 aliphatic heterocycles. The van der Waals surface area contributed by atoms with Crippen molar-refractivity contribution in [3.05, 3.63) is 52.3 Å². The number of hydrogen-bond acceptors (Lipinski definition) is 9. The molecule has 0 radical (unpaired) electrons. The third-order valence-electron chi connectivity index (χ3n) is 5.34. The molecule has 4 heterocycles. The maximum atomic E-state index is 13.5. The van der Waals surface area contributed by atoms with Gasteiger partial charge in [0.05, 0.1) is 5.92 Å². The Hall–Kier alpha value is -2.72. The second-order valence-electron chi connectivity index (χ2n) is 7.55. The monoisotopic (exact) mass is 455 g/mol. The first-order chi connectivity index (χ1) is 15.1. The molecule has 1 fully saturated rings. The maximum Gasteiger partial charge on any atom is 0.289 e. The van der Waals surface area contributed by atoms with E-state index in [1.165, 1.54) is 0 Å². The van der Waals surface area contributed by atoms with Gasteiger partial charge >= 0.3 is 0 Å². The first-order valence-electron chi connectivity index (χ1n) is 10.1. The van der Waals surface area contributed by atoms with Crippen molar-refractivity contribution in [2.75, 3.05) is 13.1 Å². The number of thioether (sulfide) groups is 1. The Bertz CT molecular complexity index is 1230. The van der Waals surface area contributed by atoms with E-state index in [-0.39, 0.29) is 11.8 Å². The molecule has 3 aromatic heterocycles. The van der Waals surface area contributed by atoms with Crippen LogP contribution in [0.15, 0.2) is 37.5 Å². The first kappa shape index (κ1) is 20.2. The number of hydrogen-bond donors (Lipinski definition) is 0. The van der Waals surface area contributed by atoms with Crippen molar-refractivity contribution in [3.8, 4) is 0 Å². The minimum absolute atomic E-state index is 0.0467. The highest BCUT2D eigenvalue weighted by atomic mass is 32.2. The van der Waals surface area contributed by atoms with Crippen molar-refractivity contribution in [3.63, 3.8) is 0 Å². The number of fused-ring (bicyclic) bond motifs is 1. The Balaban J connectivity index is 1.42. The predicted octanol–water partition coefficient (Wildman–Crippen LogP) is 4.60. The average Bonchev–Trinajstić information content (AvgIpc) is 3.50. The molecular weight excluding hydrogens is 434 g/mol. The number of para-hydroxylation sites is 1. The van der Waals surface area contributed by atoms with Crippen LogP contribution in [-0.4, -0.2) is 44.2 Å². The standard InChI is InChI=1S/C21H21N5O3S2/c1-12-22-19(29-25-12)14-6-5-9-26(10-14)20(27)18-16(11-30-21-24-23-13(2)31-21)15-7-3-4-8-17(15)28-18/h3-4,7-8,14H,5-6,9-11H2,1-2H3. The highest BCUT2D eigenvalue weighted by molar-refractivity contribution is 8.00. The van der Waals surface area contributed by atoms with Gasteiger partial charge in [-0.2, -0.15) is 4.98 Å². The smallest absolute Gasteiger partial charge is 0.289 e. The minimum atomic E-state index is -0.0961. The van der Waals surface area contributed by atoms with Crippen molar-refractivity contribution in [1.82, 2.24) is 25.2 Å². The summed E-state index contributed by atoms with van der Waals surface area (Å²) in [6, 6.07) is 7.77. The van der Waals surface area contributed by atoms with Crippen molar-refractivity contribution in [2.24, 2.45) is 0 Å². The quantitative estimate of drug-likeness (QED) is 0.403. The number of nitrogens with zero attached hydrogens (tertiary/aromatic N) is 5. The molecule has 0 aliphatic carbocycles. The van der Waals surface area contributed by atoms with Crippen molar-refractivity contribution in [2.45, 2.75) is 42.7 Å². The molecule has 160 valence electrons. The van der Waals surface area contributed by atoms with E-state index in [4.69, 9.17) is 8.94 Å². The van der Waals surface area contributed by atoms with E-state index in [9.17, 15) is 4.79 Å². The summed E-state index contributed by atoms with van der Waals surface area (Å²) in [5, 5.41) is 14.0. The number of amides is 1. The van der Waals surface area contributed by atoms with Gasteiger partial charge in [-0.05, 0) is 32.8 Å². The zero-order chi connectivity index (χ0) is 21.4. The van der Waals surface area contributed by atoms with Crippen LogP contribution in [-0.2, 0) is 5.75 Å². The van der Waals surface area contributed by atoms with Gasteiger partial charge in [0.15, 0.2) is 15.9 Å². The summed E-state index contributed by atoms with van der Waals surface area (Å²) in [7, 11) is 0. The summed E-state index contributed by atoms with van der Waals surface area (Å²) in [4.78, 5) is 19.7. The molecule has 10 heteroatoms. The molecule has 31 heavy (non-hydrogen) atoms. The summed E-state index contributed by atoms with van der Waals surface area (Å²) in [5.74, 6) is 2.15. The van der Waals surface area contributed by atoms with Crippen LogP contribution < -0.4 is 0 Å². The van der Waals surface area contributed by atoms with Gasteiger partial charge in [0.25, 0.3) is 5.91 Å². The lowest BCUT2D eigenvalue weighted by atomic mass is 9.97. The lowest BCUT2D eigenvalue weighted by Gasteiger charge is -2.30. The van der Waals surface area contributed by atoms with Crippen LogP contribution in [0.25, 0.3) is 11.0 Å². The van der Waals surface area contributed by atoms with Gasteiger partial charge in [-0.3, -0.25) is 4.79 Å². The van der Waals surface area contributed by atoms with E-state index < -0.39 is 0 Å². The molecule has 0 bridgehead atoms. The SMILES string of the molecule is Cc1noc(C2CCCN(C(=O)c3oc4ccccc4c3CSc3nnc(C)s3)C2)n1. The van der Waals surface area contributed by atoms with E-state index >= 15 is 0 Å². The van der Waals surface area contributed by atoms with E-state index in [1.807, 2.05) is 36.1 Å². The number of benzene rings is 1. The lowest BCUT2D eigenvalue weighted by Crippen LogP contribution is -2.39. The number of likely N-dealkylation sites (tertiary alicyclic amines) is 1.